The van der Waals surface area contributed by atoms with E-state index in [4.69, 9.17) is 7.49 Å². The maximum absolute atomic E-state index is 4.82. The summed E-state index contributed by atoms with van der Waals surface area (Å²) in [5.74, 6) is 0.411. The first kappa shape index (κ1) is 24.3. The van der Waals surface area contributed by atoms with Gasteiger partial charge in [-0.25, -0.2) is 0 Å². The van der Waals surface area contributed by atoms with Crippen molar-refractivity contribution in [3.05, 3.63) is 98.0 Å². The molecule has 6 rings (SSSR count). The Morgan fingerprint density at radius 3 is 2.03 bits per heavy atom. The number of fused-ring (bicyclic) bond motifs is 4. The predicted molar refractivity (Wildman–Crippen MR) is 181 cm³/mol. The monoisotopic (exact) mass is 466 g/mol. The van der Waals surface area contributed by atoms with Gasteiger partial charge >= 0.3 is 227 Å². The van der Waals surface area contributed by atoms with E-state index in [1.165, 1.54) is 93.4 Å². The molecule has 0 bridgehead atoms. The second kappa shape index (κ2) is 8.49. The zero-order valence-electron chi connectivity index (χ0n) is 23.5. The van der Waals surface area contributed by atoms with Crippen LogP contribution in [-0.4, -0.2) is 54.6 Å². The zero-order chi connectivity index (χ0) is 26.3. The standard InChI is InChI=1S/C30H29B7/c1-12-20-24(29(36)30(37)27(20)34)23(26(33)21(12)28(35)25(32)13(2)31)19-11-10-18-15-7-4-3-6-14(15)16-8-5-9-17(19)22(16)18/h3-11,27,33H,31-32,34-37H2,1-2H3/b25-13-,28-21+. The third kappa shape index (κ3) is 3.22. The number of hydrogen-bond donors (Lipinski definition) is 0. The molecule has 0 nitrogen and oxygen atoms in total. The van der Waals surface area contributed by atoms with Crippen molar-refractivity contribution in [1.82, 2.24) is 0 Å². The van der Waals surface area contributed by atoms with Crippen molar-refractivity contribution in [2.24, 2.45) is 0 Å². The Morgan fingerprint density at radius 1 is 0.784 bits per heavy atom. The van der Waals surface area contributed by atoms with Gasteiger partial charge in [0.05, 0.1) is 0 Å². The predicted octanol–water partition coefficient (Wildman–Crippen LogP) is 0.476. The molecule has 0 aromatic heterocycles. The fourth-order valence-electron chi connectivity index (χ4n) is 7.02. The topological polar surface area (TPSA) is 0 Å². The van der Waals surface area contributed by atoms with Crippen molar-refractivity contribution in [2.75, 3.05) is 0 Å². The van der Waals surface area contributed by atoms with E-state index in [2.05, 4.69) is 116 Å². The Bertz CT molecular complexity index is 1850. The Labute approximate surface area is 226 Å². The Kier molecular flexibility index (Phi) is 5.57. The van der Waals surface area contributed by atoms with Crippen molar-refractivity contribution in [3.8, 4) is 33.4 Å². The molecule has 4 aromatic rings. The first-order valence-electron chi connectivity index (χ1n) is 13.5. The van der Waals surface area contributed by atoms with Gasteiger partial charge in [-0.15, -0.1) is 0 Å². The third-order valence-corrected chi connectivity index (χ3v) is 9.46. The summed E-state index contributed by atoms with van der Waals surface area (Å²) in [6, 6.07) is 20.4. The van der Waals surface area contributed by atoms with Gasteiger partial charge in [0.2, 0.25) is 0 Å². The van der Waals surface area contributed by atoms with Crippen LogP contribution in [0.1, 0.15) is 29.4 Å². The Balaban J connectivity index is 1.82. The van der Waals surface area contributed by atoms with Gasteiger partial charge in [-0.2, -0.15) is 0 Å². The summed E-state index contributed by atoms with van der Waals surface area (Å²) >= 11 is 0. The fourth-order valence-corrected chi connectivity index (χ4v) is 7.02. The van der Waals surface area contributed by atoms with Crippen molar-refractivity contribution >= 4 is 76.3 Å². The van der Waals surface area contributed by atoms with Crippen LogP contribution in [0.3, 0.4) is 0 Å². The van der Waals surface area contributed by atoms with Gasteiger partial charge in [-0.3, -0.25) is 0 Å². The van der Waals surface area contributed by atoms with E-state index in [1.807, 2.05) is 0 Å². The van der Waals surface area contributed by atoms with Crippen molar-refractivity contribution in [3.63, 3.8) is 0 Å². The van der Waals surface area contributed by atoms with Crippen LogP contribution in [0, 0.1) is 12.0 Å². The van der Waals surface area contributed by atoms with Crippen LogP contribution in [0.5, 0.6) is 0 Å². The van der Waals surface area contributed by atoms with E-state index >= 15 is 0 Å². The molecule has 1 unspecified atom stereocenters. The average molecular weight is 465 g/mol. The number of allylic oxidation sites excluding steroid dienone is 3. The summed E-state index contributed by atoms with van der Waals surface area (Å²) in [7, 11) is 18.6. The molecule has 7 heteroatoms. The Morgan fingerprint density at radius 2 is 1.38 bits per heavy atom. The minimum atomic E-state index is 0.411. The fraction of sp³-hybridized carbons (Fsp3) is 0.100. The zero-order valence-corrected chi connectivity index (χ0v) is 23.5. The van der Waals surface area contributed by atoms with E-state index in [1.54, 1.807) is 0 Å². The van der Waals surface area contributed by atoms with Gasteiger partial charge in [0.25, 0.3) is 0 Å². The van der Waals surface area contributed by atoms with Crippen LogP contribution in [0.25, 0.3) is 55.1 Å². The summed E-state index contributed by atoms with van der Waals surface area (Å²) in [4.78, 5) is 0. The first-order chi connectivity index (χ1) is 17.6. The van der Waals surface area contributed by atoms with Crippen LogP contribution >= 0.6 is 0 Å². The second-order valence-corrected chi connectivity index (χ2v) is 11.4. The summed E-state index contributed by atoms with van der Waals surface area (Å²) in [5, 5.41) is 5.19. The molecular weight excluding hydrogens is 436 g/mol. The van der Waals surface area contributed by atoms with Crippen molar-refractivity contribution < 1.29 is 0 Å². The molecule has 0 saturated heterocycles. The van der Waals surface area contributed by atoms with Crippen LogP contribution in [0.2, 0.25) is 0 Å². The summed E-state index contributed by atoms with van der Waals surface area (Å²) in [5.41, 5.74) is 19.3. The third-order valence-electron chi connectivity index (χ3n) is 9.46. The molecule has 1 atom stereocenters. The number of hydrogen-bond acceptors (Lipinski definition) is 0. The van der Waals surface area contributed by atoms with E-state index in [-0.39, 0.29) is 0 Å². The van der Waals surface area contributed by atoms with Gasteiger partial charge < -0.3 is 0 Å². The first-order valence-corrected chi connectivity index (χ1v) is 13.5. The SMILES string of the molecule is B=c1c(-c2ccc3c4c(cccc24)-c2ccccc2-3)c2c(c(C)/c1=C(B)/C(B)=C(/B)C)C(B)C(B)=C2B. The van der Waals surface area contributed by atoms with Gasteiger partial charge in [0, 0.05) is 0 Å². The number of benzene rings is 4. The van der Waals surface area contributed by atoms with Gasteiger partial charge in [-0.1, -0.05) is 0 Å². The molecular formula is C30H29B7. The summed E-state index contributed by atoms with van der Waals surface area (Å²) in [6.45, 7) is 4.53. The molecule has 0 saturated carbocycles. The molecule has 0 spiro atoms. The molecule has 0 radical (unpaired) electrons. The molecule has 0 heterocycles. The summed E-state index contributed by atoms with van der Waals surface area (Å²) < 4.78 is 0. The maximum atomic E-state index is 4.82. The van der Waals surface area contributed by atoms with E-state index in [0.717, 1.165) is 5.11 Å². The molecule has 0 amide bonds. The molecule has 2 aliphatic carbocycles. The van der Waals surface area contributed by atoms with E-state index < -0.39 is 0 Å². The van der Waals surface area contributed by atoms with Gasteiger partial charge in [-0.05, 0) is 0 Å². The molecule has 0 N–H and O–H groups in total. The van der Waals surface area contributed by atoms with Crippen LogP contribution in [0.15, 0.2) is 71.0 Å². The van der Waals surface area contributed by atoms with Crippen LogP contribution in [0.4, 0.5) is 0 Å². The normalized spacial score (nSPS) is 17.1. The van der Waals surface area contributed by atoms with Gasteiger partial charge in [0.15, 0.2) is 0 Å². The van der Waals surface area contributed by atoms with Crippen LogP contribution < -0.4 is 5.22 Å². The second-order valence-electron chi connectivity index (χ2n) is 11.4. The quantitative estimate of drug-likeness (QED) is 0.333. The molecule has 2 aliphatic rings. The average Bonchev–Trinajstić information content (AvgIpc) is 3.33. The molecule has 0 fully saturated rings. The van der Waals surface area contributed by atoms with E-state index in [0.29, 0.717) is 5.82 Å². The van der Waals surface area contributed by atoms with Crippen molar-refractivity contribution in [1.29, 1.82) is 0 Å². The minimum absolute atomic E-state index is 0.411. The Hall–Kier alpha value is -3.06. The molecule has 4 aromatic carbocycles. The van der Waals surface area contributed by atoms with Crippen molar-refractivity contribution in [2.45, 2.75) is 19.7 Å². The summed E-state index contributed by atoms with van der Waals surface area (Å²) in [6.07, 6.45) is 0. The van der Waals surface area contributed by atoms with E-state index in [9.17, 15) is 0 Å². The van der Waals surface area contributed by atoms with Crippen LogP contribution in [-0.2, 0) is 0 Å². The van der Waals surface area contributed by atoms with Gasteiger partial charge in [0.1, 0.15) is 0 Å². The molecule has 0 aliphatic heterocycles. The molecule has 170 valence electrons. The molecule has 37 heavy (non-hydrogen) atoms. The number of rotatable bonds is 2.